The van der Waals surface area contributed by atoms with Crippen LogP contribution in [-0.4, -0.2) is 50.8 Å². The zero-order valence-corrected chi connectivity index (χ0v) is 13.0. The lowest BCUT2D eigenvalue weighted by molar-refractivity contribution is -0.157. The molecule has 1 aromatic carbocycles. The maximum absolute atomic E-state index is 12.8. The second-order valence-electron chi connectivity index (χ2n) is 5.42. The Balaban J connectivity index is 2.11. The predicted octanol–water partition coefficient (Wildman–Crippen LogP) is 1.42. The molecule has 0 aliphatic carbocycles. The van der Waals surface area contributed by atoms with Crippen LogP contribution in [-0.2, 0) is 16.1 Å². The van der Waals surface area contributed by atoms with E-state index in [1.54, 1.807) is 19.1 Å². The number of rotatable bonds is 5. The smallest absolute Gasteiger partial charge is 0.254 e. The number of carbonyl (C=O) groups excluding carboxylic acids is 1. The molecule has 2 rings (SSSR count). The monoisotopic (exact) mass is 292 g/mol. The first-order chi connectivity index (χ1) is 10.1. The third-order valence-electron chi connectivity index (χ3n) is 4.14. The van der Waals surface area contributed by atoms with Gasteiger partial charge in [0.2, 0.25) is 0 Å². The fraction of sp³-hybridized carbons (Fsp3) is 0.562. The summed E-state index contributed by atoms with van der Waals surface area (Å²) in [6.07, 6.45) is 1.41. The van der Waals surface area contributed by atoms with Crippen molar-refractivity contribution in [1.29, 1.82) is 0 Å². The third-order valence-corrected chi connectivity index (χ3v) is 4.14. The molecule has 1 saturated heterocycles. The lowest BCUT2D eigenvalue weighted by Crippen LogP contribution is -2.54. The minimum atomic E-state index is -0.692. The average Bonchev–Trinajstić information content (AvgIpc) is 2.55. The molecule has 0 spiro atoms. The first kappa shape index (κ1) is 15.8. The van der Waals surface area contributed by atoms with Crippen LogP contribution in [0.25, 0.3) is 0 Å². The van der Waals surface area contributed by atoms with Crippen LogP contribution in [0.15, 0.2) is 24.3 Å². The zero-order chi connectivity index (χ0) is 15.3. The van der Waals surface area contributed by atoms with Crippen LogP contribution in [0, 0.1) is 0 Å². The van der Waals surface area contributed by atoms with Crippen molar-refractivity contribution in [3.8, 4) is 5.75 Å². The van der Waals surface area contributed by atoms with Crippen LogP contribution >= 0.6 is 0 Å². The number of nitrogens with one attached hydrogen (secondary N) is 1. The summed E-state index contributed by atoms with van der Waals surface area (Å²) in [5.41, 5.74) is 0.304. The van der Waals surface area contributed by atoms with Gasteiger partial charge in [0, 0.05) is 26.3 Å². The van der Waals surface area contributed by atoms with E-state index in [2.05, 4.69) is 5.32 Å². The predicted molar refractivity (Wildman–Crippen MR) is 81.3 cm³/mol. The standard InChI is InChI=1S/C16H24N2O3/c1-18(12-13-6-4-5-7-14(13)20-2)15(19)16(21-3)8-10-17-11-9-16/h4-7,17H,8-12H2,1-3H3. The highest BCUT2D eigenvalue weighted by atomic mass is 16.5. The van der Waals surface area contributed by atoms with E-state index >= 15 is 0 Å². The SMILES string of the molecule is COc1ccccc1CN(C)C(=O)C1(OC)CCNCC1. The van der Waals surface area contributed by atoms with Gasteiger partial charge in [-0.3, -0.25) is 4.79 Å². The fourth-order valence-electron chi connectivity index (χ4n) is 2.84. The Bertz CT molecular complexity index is 484. The largest absolute Gasteiger partial charge is 0.496 e. The summed E-state index contributed by atoms with van der Waals surface area (Å²) in [7, 11) is 5.09. The van der Waals surface area contributed by atoms with Gasteiger partial charge in [0.25, 0.3) is 5.91 Å². The summed E-state index contributed by atoms with van der Waals surface area (Å²) in [6, 6.07) is 7.76. The minimum absolute atomic E-state index is 0.0393. The normalized spacial score (nSPS) is 17.3. The van der Waals surface area contributed by atoms with Gasteiger partial charge in [0.15, 0.2) is 0 Å². The van der Waals surface area contributed by atoms with Crippen LogP contribution in [0.4, 0.5) is 0 Å². The Morgan fingerprint density at radius 1 is 1.29 bits per heavy atom. The van der Waals surface area contributed by atoms with Gasteiger partial charge in [-0.2, -0.15) is 0 Å². The highest BCUT2D eigenvalue weighted by Gasteiger charge is 2.41. The summed E-state index contributed by atoms with van der Waals surface area (Å²) in [5, 5.41) is 3.26. The molecule has 0 bridgehead atoms. The van der Waals surface area contributed by atoms with E-state index in [4.69, 9.17) is 9.47 Å². The molecule has 1 aliphatic rings. The molecule has 0 unspecified atom stereocenters. The van der Waals surface area contributed by atoms with Gasteiger partial charge in [-0.15, -0.1) is 0 Å². The number of ether oxygens (including phenoxy) is 2. The van der Waals surface area contributed by atoms with Gasteiger partial charge in [-0.1, -0.05) is 18.2 Å². The molecule has 0 atom stereocenters. The van der Waals surface area contributed by atoms with E-state index in [9.17, 15) is 4.79 Å². The lowest BCUT2D eigenvalue weighted by Gasteiger charge is -2.37. The van der Waals surface area contributed by atoms with Gasteiger partial charge >= 0.3 is 0 Å². The molecular formula is C16H24N2O3. The van der Waals surface area contributed by atoms with E-state index in [1.807, 2.05) is 31.3 Å². The molecule has 0 radical (unpaired) electrons. The third kappa shape index (κ3) is 3.36. The summed E-state index contributed by atoms with van der Waals surface area (Å²) in [6.45, 7) is 2.13. The Morgan fingerprint density at radius 2 is 1.95 bits per heavy atom. The van der Waals surface area contributed by atoms with Crippen molar-refractivity contribution in [3.63, 3.8) is 0 Å². The minimum Gasteiger partial charge on any atom is -0.496 e. The number of carbonyl (C=O) groups is 1. The number of benzene rings is 1. The number of nitrogens with zero attached hydrogens (tertiary/aromatic N) is 1. The van der Waals surface area contributed by atoms with Crippen LogP contribution in [0.1, 0.15) is 18.4 Å². The topological polar surface area (TPSA) is 50.8 Å². The first-order valence-electron chi connectivity index (χ1n) is 7.26. The summed E-state index contributed by atoms with van der Waals surface area (Å²) in [4.78, 5) is 14.5. The van der Waals surface area contributed by atoms with E-state index in [1.165, 1.54) is 0 Å². The number of para-hydroxylation sites is 1. The molecule has 1 aromatic rings. The molecule has 1 fully saturated rings. The quantitative estimate of drug-likeness (QED) is 0.892. The Kier molecular flexibility index (Phi) is 5.20. The van der Waals surface area contributed by atoms with Gasteiger partial charge in [0.05, 0.1) is 7.11 Å². The maximum Gasteiger partial charge on any atom is 0.254 e. The second-order valence-corrected chi connectivity index (χ2v) is 5.42. The molecule has 5 heteroatoms. The fourth-order valence-corrected chi connectivity index (χ4v) is 2.84. The summed E-state index contributed by atoms with van der Waals surface area (Å²) >= 11 is 0. The molecule has 0 aromatic heterocycles. The first-order valence-corrected chi connectivity index (χ1v) is 7.26. The van der Waals surface area contributed by atoms with Crippen molar-refractivity contribution in [3.05, 3.63) is 29.8 Å². The van der Waals surface area contributed by atoms with E-state index in [0.29, 0.717) is 19.4 Å². The second kappa shape index (κ2) is 6.91. The molecule has 1 N–H and O–H groups in total. The van der Waals surface area contributed by atoms with Gasteiger partial charge < -0.3 is 19.7 Å². The van der Waals surface area contributed by atoms with E-state index in [0.717, 1.165) is 24.4 Å². The van der Waals surface area contributed by atoms with Crippen molar-refractivity contribution in [2.45, 2.75) is 25.0 Å². The molecule has 1 aliphatic heterocycles. The number of methoxy groups -OCH3 is 2. The van der Waals surface area contributed by atoms with Crippen LogP contribution in [0.3, 0.4) is 0 Å². The average molecular weight is 292 g/mol. The number of amides is 1. The molecular weight excluding hydrogens is 268 g/mol. The van der Waals surface area contributed by atoms with Gasteiger partial charge in [-0.05, 0) is 32.0 Å². The number of piperidine rings is 1. The van der Waals surface area contributed by atoms with Crippen molar-refractivity contribution in [1.82, 2.24) is 10.2 Å². The number of hydrogen-bond acceptors (Lipinski definition) is 4. The van der Waals surface area contributed by atoms with Crippen LogP contribution in [0.2, 0.25) is 0 Å². The highest BCUT2D eigenvalue weighted by molar-refractivity contribution is 5.85. The Hall–Kier alpha value is -1.59. The number of likely N-dealkylation sites (N-methyl/N-ethyl adjacent to an activating group) is 1. The maximum atomic E-state index is 12.8. The molecule has 1 amide bonds. The van der Waals surface area contributed by atoms with Crippen molar-refractivity contribution < 1.29 is 14.3 Å². The summed E-state index contributed by atoms with van der Waals surface area (Å²) < 4.78 is 10.9. The van der Waals surface area contributed by atoms with Gasteiger partial charge in [0.1, 0.15) is 11.4 Å². The highest BCUT2D eigenvalue weighted by Crippen LogP contribution is 2.26. The van der Waals surface area contributed by atoms with Crippen molar-refractivity contribution >= 4 is 5.91 Å². The zero-order valence-electron chi connectivity index (χ0n) is 13.0. The molecule has 0 saturated carbocycles. The Labute approximate surface area is 126 Å². The van der Waals surface area contributed by atoms with Gasteiger partial charge in [-0.25, -0.2) is 0 Å². The van der Waals surface area contributed by atoms with Crippen molar-refractivity contribution in [2.24, 2.45) is 0 Å². The summed E-state index contributed by atoms with van der Waals surface area (Å²) in [5.74, 6) is 0.839. The number of hydrogen-bond donors (Lipinski definition) is 1. The van der Waals surface area contributed by atoms with E-state index in [-0.39, 0.29) is 5.91 Å². The molecule has 1 heterocycles. The van der Waals surface area contributed by atoms with E-state index < -0.39 is 5.60 Å². The lowest BCUT2D eigenvalue weighted by atomic mass is 9.90. The van der Waals surface area contributed by atoms with Crippen LogP contribution < -0.4 is 10.1 Å². The van der Waals surface area contributed by atoms with Crippen molar-refractivity contribution in [2.75, 3.05) is 34.4 Å². The van der Waals surface area contributed by atoms with Crippen LogP contribution in [0.5, 0.6) is 5.75 Å². The molecule has 116 valence electrons. The molecule has 5 nitrogen and oxygen atoms in total. The molecule has 21 heavy (non-hydrogen) atoms. The Morgan fingerprint density at radius 3 is 2.57 bits per heavy atom.